The smallest absolute Gasteiger partial charge is 0.243 e. The van der Waals surface area contributed by atoms with Gasteiger partial charge in [0.15, 0.2) is 0 Å². The van der Waals surface area contributed by atoms with Crippen molar-refractivity contribution < 1.29 is 13.2 Å². The van der Waals surface area contributed by atoms with E-state index in [-0.39, 0.29) is 10.9 Å². The molecule has 0 aliphatic carbocycles. The van der Waals surface area contributed by atoms with Crippen LogP contribution in [0.25, 0.3) is 0 Å². The molecule has 7 heteroatoms. The van der Waals surface area contributed by atoms with Crippen molar-refractivity contribution in [1.82, 2.24) is 14.3 Å². The highest BCUT2D eigenvalue weighted by Crippen LogP contribution is 2.35. The van der Waals surface area contributed by atoms with Crippen LogP contribution in [0, 0.1) is 0 Å². The van der Waals surface area contributed by atoms with Crippen molar-refractivity contribution in [3.8, 4) is 5.75 Å². The molecule has 1 fully saturated rings. The second-order valence-electron chi connectivity index (χ2n) is 5.08. The van der Waals surface area contributed by atoms with Crippen LogP contribution in [0.5, 0.6) is 5.75 Å². The van der Waals surface area contributed by atoms with Crippen molar-refractivity contribution in [3.63, 3.8) is 0 Å². The highest BCUT2D eigenvalue weighted by Gasteiger charge is 2.37. The summed E-state index contributed by atoms with van der Waals surface area (Å²) in [6.45, 7) is 0.487. The maximum atomic E-state index is 12.9. The first-order chi connectivity index (χ1) is 10.6. The molecule has 116 valence electrons. The molecule has 2 aromatic rings. The van der Waals surface area contributed by atoms with E-state index in [0.717, 1.165) is 12.8 Å². The Balaban J connectivity index is 1.97. The summed E-state index contributed by atoms with van der Waals surface area (Å²) in [6, 6.07) is 6.28. The van der Waals surface area contributed by atoms with Crippen LogP contribution in [0.2, 0.25) is 0 Å². The second kappa shape index (κ2) is 6.02. The van der Waals surface area contributed by atoms with Crippen molar-refractivity contribution in [2.75, 3.05) is 13.7 Å². The number of methoxy groups -OCH3 is 1. The molecule has 1 aliphatic rings. The molecule has 0 radical (unpaired) electrons. The lowest BCUT2D eigenvalue weighted by molar-refractivity contribution is 0.388. The molecule has 22 heavy (non-hydrogen) atoms. The molecule has 0 saturated carbocycles. The molecule has 3 rings (SSSR count). The Labute approximate surface area is 129 Å². The van der Waals surface area contributed by atoms with E-state index < -0.39 is 10.0 Å². The fraction of sp³-hybridized carbons (Fsp3) is 0.333. The third-order valence-corrected chi connectivity index (χ3v) is 5.68. The molecule has 1 aromatic carbocycles. The normalized spacial score (nSPS) is 19.2. The van der Waals surface area contributed by atoms with Crippen LogP contribution in [-0.2, 0) is 10.0 Å². The minimum Gasteiger partial charge on any atom is -0.497 e. The summed E-state index contributed by atoms with van der Waals surface area (Å²) in [6.07, 6.45) is 6.36. The molecular formula is C15H17N3O3S. The van der Waals surface area contributed by atoms with E-state index >= 15 is 0 Å². The van der Waals surface area contributed by atoms with E-state index in [1.165, 1.54) is 11.4 Å². The van der Waals surface area contributed by atoms with Gasteiger partial charge in [-0.1, -0.05) is 6.07 Å². The summed E-state index contributed by atoms with van der Waals surface area (Å²) in [5.41, 5.74) is 0.687. The van der Waals surface area contributed by atoms with Crippen molar-refractivity contribution in [1.29, 1.82) is 0 Å². The first-order valence-electron chi connectivity index (χ1n) is 7.05. The summed E-state index contributed by atoms with van der Waals surface area (Å²) in [7, 11) is -2.07. The van der Waals surface area contributed by atoms with Gasteiger partial charge in [-0.15, -0.1) is 0 Å². The Hall–Kier alpha value is -1.99. The van der Waals surface area contributed by atoms with Crippen LogP contribution in [0.4, 0.5) is 0 Å². The van der Waals surface area contributed by atoms with Gasteiger partial charge < -0.3 is 4.74 Å². The van der Waals surface area contributed by atoms with Crippen LogP contribution in [0.1, 0.15) is 24.6 Å². The maximum absolute atomic E-state index is 12.9. The topological polar surface area (TPSA) is 72.4 Å². The summed E-state index contributed by atoms with van der Waals surface area (Å²) < 4.78 is 32.4. The van der Waals surface area contributed by atoms with Crippen molar-refractivity contribution in [3.05, 3.63) is 48.5 Å². The summed E-state index contributed by atoms with van der Waals surface area (Å²) in [5.74, 6) is 0.524. The van der Waals surface area contributed by atoms with Crippen LogP contribution in [0.3, 0.4) is 0 Å². The van der Waals surface area contributed by atoms with Gasteiger partial charge >= 0.3 is 0 Å². The quantitative estimate of drug-likeness (QED) is 0.862. The van der Waals surface area contributed by atoms with E-state index in [9.17, 15) is 8.42 Å². The minimum absolute atomic E-state index is 0.239. The van der Waals surface area contributed by atoms with E-state index in [1.807, 2.05) is 0 Å². The zero-order valence-corrected chi connectivity index (χ0v) is 13.0. The average Bonchev–Trinajstić information content (AvgIpc) is 3.06. The predicted molar refractivity (Wildman–Crippen MR) is 80.9 cm³/mol. The molecule has 1 saturated heterocycles. The first kappa shape index (κ1) is 14.9. The number of hydrogen-bond acceptors (Lipinski definition) is 5. The number of ether oxygens (including phenoxy) is 1. The van der Waals surface area contributed by atoms with Gasteiger partial charge in [0, 0.05) is 25.0 Å². The summed E-state index contributed by atoms with van der Waals surface area (Å²) in [5, 5.41) is 0. The third-order valence-electron chi connectivity index (χ3n) is 3.78. The standard InChI is InChI=1S/C15H17N3O3S/c1-21-12-4-2-5-13(10-12)22(19,20)18-9-3-6-15(18)14-11-16-7-8-17-14/h2,4-5,7-8,10-11,15H,3,6,9H2,1H3/t15-/m0/s1. The largest absolute Gasteiger partial charge is 0.497 e. The van der Waals surface area contributed by atoms with E-state index in [2.05, 4.69) is 9.97 Å². The van der Waals surface area contributed by atoms with E-state index in [0.29, 0.717) is 18.0 Å². The highest BCUT2D eigenvalue weighted by molar-refractivity contribution is 7.89. The summed E-state index contributed by atoms with van der Waals surface area (Å²) >= 11 is 0. The van der Waals surface area contributed by atoms with Crippen LogP contribution < -0.4 is 4.74 Å². The molecule has 6 nitrogen and oxygen atoms in total. The lowest BCUT2D eigenvalue weighted by atomic mass is 10.2. The number of sulfonamides is 1. The molecule has 1 aliphatic heterocycles. The van der Waals surface area contributed by atoms with Gasteiger partial charge in [-0.25, -0.2) is 8.42 Å². The molecule has 0 unspecified atom stereocenters. The Kier molecular flexibility index (Phi) is 4.08. The van der Waals surface area contributed by atoms with Crippen LogP contribution in [0.15, 0.2) is 47.8 Å². The monoisotopic (exact) mass is 319 g/mol. The highest BCUT2D eigenvalue weighted by atomic mass is 32.2. The lowest BCUT2D eigenvalue weighted by Crippen LogP contribution is -2.31. The lowest BCUT2D eigenvalue weighted by Gasteiger charge is -2.23. The van der Waals surface area contributed by atoms with E-state index in [4.69, 9.17) is 4.74 Å². The SMILES string of the molecule is COc1cccc(S(=O)(=O)N2CCC[C@H]2c2cnccn2)c1. The number of hydrogen-bond donors (Lipinski definition) is 0. The maximum Gasteiger partial charge on any atom is 0.243 e. The fourth-order valence-electron chi connectivity index (χ4n) is 2.70. The number of rotatable bonds is 4. The molecule has 0 bridgehead atoms. The Morgan fingerprint density at radius 2 is 2.18 bits per heavy atom. The first-order valence-corrected chi connectivity index (χ1v) is 8.49. The Morgan fingerprint density at radius 3 is 2.91 bits per heavy atom. The fourth-order valence-corrected chi connectivity index (χ4v) is 4.41. The average molecular weight is 319 g/mol. The third kappa shape index (κ3) is 2.69. The molecule has 0 amide bonds. The molecule has 0 N–H and O–H groups in total. The van der Waals surface area contributed by atoms with Crippen LogP contribution >= 0.6 is 0 Å². The van der Waals surface area contributed by atoms with Crippen LogP contribution in [-0.4, -0.2) is 36.3 Å². The predicted octanol–water partition coefficient (Wildman–Crippen LogP) is 2.01. The van der Waals surface area contributed by atoms with Gasteiger partial charge in [0.2, 0.25) is 10.0 Å². The Bertz CT molecular complexity index is 750. The van der Waals surface area contributed by atoms with Gasteiger partial charge in [0.1, 0.15) is 5.75 Å². The van der Waals surface area contributed by atoms with Gasteiger partial charge in [-0.3, -0.25) is 9.97 Å². The van der Waals surface area contributed by atoms with E-state index in [1.54, 1.807) is 42.9 Å². The zero-order chi connectivity index (χ0) is 15.6. The van der Waals surface area contributed by atoms with Crippen molar-refractivity contribution in [2.45, 2.75) is 23.8 Å². The zero-order valence-electron chi connectivity index (χ0n) is 12.2. The molecule has 2 heterocycles. The van der Waals surface area contributed by atoms with Crippen molar-refractivity contribution in [2.24, 2.45) is 0 Å². The summed E-state index contributed by atoms with van der Waals surface area (Å²) in [4.78, 5) is 8.54. The van der Waals surface area contributed by atoms with Gasteiger partial charge in [0.05, 0.1) is 29.9 Å². The minimum atomic E-state index is -3.58. The Morgan fingerprint density at radius 1 is 1.32 bits per heavy atom. The second-order valence-corrected chi connectivity index (χ2v) is 6.97. The number of benzene rings is 1. The van der Waals surface area contributed by atoms with Gasteiger partial charge in [-0.2, -0.15) is 4.31 Å². The number of aromatic nitrogens is 2. The number of nitrogens with zero attached hydrogens (tertiary/aromatic N) is 3. The van der Waals surface area contributed by atoms with Gasteiger partial charge in [-0.05, 0) is 25.0 Å². The van der Waals surface area contributed by atoms with Crippen molar-refractivity contribution >= 4 is 10.0 Å². The molecular weight excluding hydrogens is 302 g/mol. The molecule has 0 spiro atoms. The molecule has 1 aromatic heterocycles. The van der Waals surface area contributed by atoms with Gasteiger partial charge in [0.25, 0.3) is 0 Å². The molecule has 1 atom stereocenters.